The topological polar surface area (TPSA) is 149 Å². The van der Waals surface area contributed by atoms with Gasteiger partial charge in [-0.3, -0.25) is 14.4 Å². The van der Waals surface area contributed by atoms with Gasteiger partial charge in [-0.25, -0.2) is 8.42 Å². The van der Waals surface area contributed by atoms with Crippen LogP contribution in [-0.2, 0) is 35.1 Å². The summed E-state index contributed by atoms with van der Waals surface area (Å²) in [5.74, 6) is -2.38. The van der Waals surface area contributed by atoms with Crippen molar-refractivity contribution in [1.29, 1.82) is 0 Å². The van der Waals surface area contributed by atoms with E-state index >= 15 is 0 Å². The number of ether oxygens (including phenoxy) is 3. The third-order valence-electron chi connectivity index (χ3n) is 8.28. The maximum atomic E-state index is 13.4. The molecule has 3 aromatic carbocycles. The van der Waals surface area contributed by atoms with Crippen LogP contribution < -0.4 is 15.0 Å². The maximum absolute atomic E-state index is 13.4. The van der Waals surface area contributed by atoms with Crippen LogP contribution in [0.4, 0.5) is 27.6 Å². The fourth-order valence-corrected chi connectivity index (χ4v) is 6.43. The number of carboxylic acid groups (broad SMARTS) is 1. The molecule has 0 spiro atoms. The van der Waals surface area contributed by atoms with Gasteiger partial charge in [-0.15, -0.1) is 0 Å². The highest BCUT2D eigenvalue weighted by Crippen LogP contribution is 2.33. The molecule has 1 aliphatic rings. The van der Waals surface area contributed by atoms with Crippen molar-refractivity contribution in [3.05, 3.63) is 89.5 Å². The predicted octanol–water partition coefficient (Wildman–Crippen LogP) is 6.03. The average molecular weight is 757 g/mol. The molecule has 1 saturated heterocycles. The van der Waals surface area contributed by atoms with Crippen LogP contribution in [0.3, 0.4) is 0 Å². The summed E-state index contributed by atoms with van der Waals surface area (Å²) in [5, 5.41) is 11.6. The lowest BCUT2D eigenvalue weighted by molar-refractivity contribution is -0.147. The van der Waals surface area contributed by atoms with E-state index in [1.165, 1.54) is 55.5 Å². The van der Waals surface area contributed by atoms with Crippen LogP contribution in [0.5, 0.6) is 5.75 Å². The predicted molar refractivity (Wildman–Crippen MR) is 177 cm³/mol. The van der Waals surface area contributed by atoms with E-state index in [0.717, 1.165) is 12.1 Å². The molecule has 0 bridgehead atoms. The fourth-order valence-electron chi connectivity index (χ4n) is 5.55. The molecular formula is C35H37F5N2O9S. The second-order valence-corrected chi connectivity index (χ2v) is 14.1. The van der Waals surface area contributed by atoms with Gasteiger partial charge < -0.3 is 29.5 Å². The molecule has 282 valence electrons. The minimum Gasteiger partial charge on any atom is -0.489 e. The highest BCUT2D eigenvalue weighted by molar-refractivity contribution is 7.91. The largest absolute Gasteiger partial charge is 0.489 e. The number of halogens is 5. The van der Waals surface area contributed by atoms with Crippen LogP contribution in [-0.4, -0.2) is 75.6 Å². The first-order valence-electron chi connectivity index (χ1n) is 16.2. The van der Waals surface area contributed by atoms with Gasteiger partial charge >= 0.3 is 24.7 Å². The van der Waals surface area contributed by atoms with Crippen molar-refractivity contribution in [1.82, 2.24) is 5.32 Å². The molecule has 1 heterocycles. The van der Waals surface area contributed by atoms with Crippen molar-refractivity contribution >= 4 is 33.4 Å². The van der Waals surface area contributed by atoms with Gasteiger partial charge in [0.15, 0.2) is 9.84 Å². The normalized spacial score (nSPS) is 16.8. The number of hydrogen-bond donors (Lipinski definition) is 2. The Labute approximate surface area is 296 Å². The Hall–Kier alpha value is -4.77. The minimum atomic E-state index is -4.52. The van der Waals surface area contributed by atoms with Crippen LogP contribution in [0, 0.1) is 0 Å². The molecule has 3 atom stereocenters. The number of carbonyl (C=O) groups is 3. The SMILES string of the molecule is CCS(=O)(=O)c1ccc(C(CCOC(=O)CCC(=O)O)NC(=O)c2ccc(N3C[C@@H](Oc4ccc(C(F)(F)F)cc4)C[C@H]3COC(F)F)cc2)cc1. The molecule has 1 amide bonds. The first kappa shape index (κ1) is 40.0. The lowest BCUT2D eigenvalue weighted by Crippen LogP contribution is -2.34. The van der Waals surface area contributed by atoms with Crippen LogP contribution in [0.1, 0.15) is 60.1 Å². The Kier molecular flexibility index (Phi) is 13.6. The molecule has 1 aliphatic heterocycles. The van der Waals surface area contributed by atoms with E-state index in [1.807, 2.05) is 0 Å². The highest BCUT2D eigenvalue weighted by Gasteiger charge is 2.35. The standard InChI is InChI=1S/C35H37F5N2O9S/c1-2-52(47,48)29-13-5-22(6-14-29)30(17-18-49-32(45)16-15-31(43)44)41-33(46)23-3-9-25(10-4-23)42-20-28(19-26(42)21-50-34(36)37)51-27-11-7-24(8-12-27)35(38,39)40/h3-14,26,28,30,34H,2,15-21H2,1H3,(H,41,46)(H,43,44)/t26-,28-,30?/m0/s1. The number of nitrogens with one attached hydrogen (secondary N) is 1. The van der Waals surface area contributed by atoms with E-state index in [4.69, 9.17) is 14.6 Å². The zero-order valence-electron chi connectivity index (χ0n) is 27.9. The van der Waals surface area contributed by atoms with Crippen molar-refractivity contribution in [2.75, 3.05) is 30.4 Å². The highest BCUT2D eigenvalue weighted by atomic mass is 32.2. The molecule has 0 radical (unpaired) electrons. The smallest absolute Gasteiger partial charge is 0.416 e. The number of carboxylic acids is 1. The van der Waals surface area contributed by atoms with Gasteiger partial charge in [0.05, 0.1) is 60.9 Å². The Morgan fingerprint density at radius 2 is 1.62 bits per heavy atom. The fraction of sp³-hybridized carbons (Fsp3) is 0.400. The number of alkyl halides is 5. The van der Waals surface area contributed by atoms with E-state index in [1.54, 1.807) is 17.0 Å². The Morgan fingerprint density at radius 3 is 2.19 bits per heavy atom. The summed E-state index contributed by atoms with van der Waals surface area (Å²) in [4.78, 5) is 38.0. The summed E-state index contributed by atoms with van der Waals surface area (Å²) in [5.41, 5.74) is 0.410. The van der Waals surface area contributed by atoms with Crippen LogP contribution in [0.25, 0.3) is 0 Å². The van der Waals surface area contributed by atoms with Crippen molar-refractivity contribution in [2.24, 2.45) is 0 Å². The van der Waals surface area contributed by atoms with E-state index in [2.05, 4.69) is 10.1 Å². The third-order valence-corrected chi connectivity index (χ3v) is 10.0. The number of rotatable bonds is 17. The Morgan fingerprint density at radius 1 is 0.962 bits per heavy atom. The lowest BCUT2D eigenvalue weighted by Gasteiger charge is -2.26. The number of carbonyl (C=O) groups excluding carboxylic acids is 2. The van der Waals surface area contributed by atoms with Crippen molar-refractivity contribution in [2.45, 2.75) is 68.5 Å². The molecule has 0 saturated carbocycles. The lowest BCUT2D eigenvalue weighted by atomic mass is 10.0. The van der Waals surface area contributed by atoms with Gasteiger partial charge in [-0.05, 0) is 66.2 Å². The first-order valence-corrected chi connectivity index (χ1v) is 17.8. The second kappa shape index (κ2) is 17.6. The molecule has 0 aromatic heterocycles. The first-order chi connectivity index (χ1) is 24.5. The minimum absolute atomic E-state index is 0.0718. The van der Waals surface area contributed by atoms with Crippen molar-refractivity contribution < 1.29 is 64.1 Å². The van der Waals surface area contributed by atoms with Gasteiger partial charge in [0.25, 0.3) is 5.91 Å². The van der Waals surface area contributed by atoms with Crippen LogP contribution >= 0.6 is 0 Å². The number of sulfone groups is 1. The van der Waals surface area contributed by atoms with Crippen molar-refractivity contribution in [3.63, 3.8) is 0 Å². The van der Waals surface area contributed by atoms with Crippen LogP contribution in [0.2, 0.25) is 0 Å². The van der Waals surface area contributed by atoms with Gasteiger partial charge in [0.2, 0.25) is 0 Å². The Bertz CT molecular complexity index is 1770. The number of benzene rings is 3. The number of amides is 1. The quantitative estimate of drug-likeness (QED) is 0.124. The van der Waals surface area contributed by atoms with E-state index in [0.29, 0.717) is 11.3 Å². The molecule has 17 heteroatoms. The molecular weight excluding hydrogens is 719 g/mol. The van der Waals surface area contributed by atoms with Gasteiger partial charge in [0.1, 0.15) is 11.9 Å². The van der Waals surface area contributed by atoms with Crippen LogP contribution in [0.15, 0.2) is 77.7 Å². The number of esters is 1. The summed E-state index contributed by atoms with van der Waals surface area (Å²) >= 11 is 0. The van der Waals surface area contributed by atoms with Gasteiger partial charge in [0, 0.05) is 24.1 Å². The summed E-state index contributed by atoms with van der Waals surface area (Å²) in [6.07, 6.45) is -5.55. The molecule has 1 unspecified atom stereocenters. The Balaban J connectivity index is 1.47. The van der Waals surface area contributed by atoms with Crippen molar-refractivity contribution in [3.8, 4) is 5.75 Å². The molecule has 0 aliphatic carbocycles. The number of anilines is 1. The molecule has 4 rings (SSSR count). The number of hydrogen-bond acceptors (Lipinski definition) is 9. The van der Waals surface area contributed by atoms with E-state index in [9.17, 15) is 44.8 Å². The van der Waals surface area contributed by atoms with E-state index in [-0.39, 0.29) is 61.0 Å². The molecule has 11 nitrogen and oxygen atoms in total. The second-order valence-electron chi connectivity index (χ2n) is 11.8. The average Bonchev–Trinajstić information content (AvgIpc) is 3.51. The zero-order chi connectivity index (χ0) is 38.1. The number of aliphatic carboxylic acids is 1. The summed E-state index contributed by atoms with van der Waals surface area (Å²) in [6, 6.07) is 14.8. The maximum Gasteiger partial charge on any atom is 0.416 e. The van der Waals surface area contributed by atoms with Gasteiger partial charge in [-0.1, -0.05) is 19.1 Å². The van der Waals surface area contributed by atoms with E-state index < -0.39 is 70.6 Å². The summed E-state index contributed by atoms with van der Waals surface area (Å²) in [7, 11) is -3.50. The molecule has 3 aromatic rings. The van der Waals surface area contributed by atoms with Gasteiger partial charge in [-0.2, -0.15) is 22.0 Å². The molecule has 1 fully saturated rings. The number of nitrogens with zero attached hydrogens (tertiary/aromatic N) is 1. The zero-order valence-corrected chi connectivity index (χ0v) is 28.7. The molecule has 2 N–H and O–H groups in total. The monoisotopic (exact) mass is 756 g/mol. The molecule has 52 heavy (non-hydrogen) atoms. The summed E-state index contributed by atoms with van der Waals surface area (Å²) < 4.78 is 105. The third kappa shape index (κ3) is 11.4. The summed E-state index contributed by atoms with van der Waals surface area (Å²) in [6.45, 7) is -1.89.